The Morgan fingerprint density at radius 2 is 1.92 bits per heavy atom. The molecule has 1 aromatic heterocycles. The van der Waals surface area contributed by atoms with Crippen LogP contribution in [0.15, 0.2) is 54.2 Å². The number of hydrogen-bond donors (Lipinski definition) is 2. The fourth-order valence-electron chi connectivity index (χ4n) is 2.12. The number of rotatable bonds is 5. The number of hydrogen-bond acceptors (Lipinski definition) is 4. The number of halogens is 1. The number of aryl methyl sites for hydroxylation is 1. The van der Waals surface area contributed by atoms with Crippen molar-refractivity contribution < 1.29 is 12.8 Å². The Labute approximate surface area is 144 Å². The van der Waals surface area contributed by atoms with E-state index in [9.17, 15) is 12.8 Å². The van der Waals surface area contributed by atoms with Crippen molar-refractivity contribution in [3.63, 3.8) is 0 Å². The van der Waals surface area contributed by atoms with Crippen LogP contribution in [0.3, 0.4) is 0 Å². The molecule has 0 saturated carbocycles. The van der Waals surface area contributed by atoms with Crippen LogP contribution in [0.25, 0.3) is 17.5 Å². The summed E-state index contributed by atoms with van der Waals surface area (Å²) in [7, 11) is -3.84. The first-order valence-corrected chi connectivity index (χ1v) is 8.90. The zero-order chi connectivity index (χ0) is 17.9. The Bertz CT molecular complexity index is 998. The molecule has 0 fully saturated rings. The maximum atomic E-state index is 14.2. The highest BCUT2D eigenvalue weighted by Gasteiger charge is 2.12. The van der Waals surface area contributed by atoms with Crippen molar-refractivity contribution in [2.45, 2.75) is 6.92 Å². The van der Waals surface area contributed by atoms with E-state index in [1.54, 1.807) is 18.2 Å². The maximum Gasteiger partial charge on any atom is 0.255 e. The molecule has 6 nitrogen and oxygen atoms in total. The van der Waals surface area contributed by atoms with E-state index in [2.05, 4.69) is 19.9 Å². The summed E-state index contributed by atoms with van der Waals surface area (Å²) in [5.74, 6) is -0.311. The molecule has 1 heterocycles. The number of aromatic amines is 1. The van der Waals surface area contributed by atoms with Crippen LogP contribution in [-0.4, -0.2) is 23.6 Å². The van der Waals surface area contributed by atoms with Gasteiger partial charge in [-0.2, -0.15) is 5.10 Å². The van der Waals surface area contributed by atoms with Gasteiger partial charge in [-0.25, -0.2) is 17.8 Å². The standard InChI is InChI=1S/C17H15FN4O2S/c1-12-2-4-13(5-3-12)8-9-25(23,24)22-16-7-6-14(10-15(16)18)17-19-11-20-21-17/h2-11,22H,1H3,(H,19,20,21)/b9-8+. The minimum Gasteiger partial charge on any atom is -0.277 e. The number of sulfonamides is 1. The monoisotopic (exact) mass is 358 g/mol. The summed E-state index contributed by atoms with van der Waals surface area (Å²) in [6.45, 7) is 1.94. The molecule has 0 atom stereocenters. The lowest BCUT2D eigenvalue weighted by Gasteiger charge is -2.07. The average Bonchev–Trinajstić information content (AvgIpc) is 3.11. The van der Waals surface area contributed by atoms with Crippen molar-refractivity contribution in [2.75, 3.05) is 4.72 Å². The zero-order valence-electron chi connectivity index (χ0n) is 13.3. The van der Waals surface area contributed by atoms with Gasteiger partial charge in [-0.05, 0) is 36.8 Å². The molecule has 0 aliphatic rings. The molecule has 0 unspecified atom stereocenters. The molecule has 0 aliphatic heterocycles. The fraction of sp³-hybridized carbons (Fsp3) is 0.0588. The molecule has 3 aromatic rings. The lowest BCUT2D eigenvalue weighted by Crippen LogP contribution is -2.10. The first-order valence-electron chi connectivity index (χ1n) is 7.36. The van der Waals surface area contributed by atoms with E-state index in [-0.39, 0.29) is 5.69 Å². The molecule has 2 N–H and O–H groups in total. The van der Waals surface area contributed by atoms with Gasteiger partial charge in [0.05, 0.1) is 11.1 Å². The number of anilines is 1. The van der Waals surface area contributed by atoms with Crippen LogP contribution in [0.1, 0.15) is 11.1 Å². The second-order valence-corrected chi connectivity index (χ2v) is 6.96. The number of H-pyrrole nitrogens is 1. The summed E-state index contributed by atoms with van der Waals surface area (Å²) in [6, 6.07) is 11.4. The number of nitrogens with zero attached hydrogens (tertiary/aromatic N) is 2. The summed E-state index contributed by atoms with van der Waals surface area (Å²) in [6.07, 6.45) is 2.75. The quantitative estimate of drug-likeness (QED) is 0.732. The Morgan fingerprint density at radius 1 is 1.16 bits per heavy atom. The van der Waals surface area contributed by atoms with Gasteiger partial charge < -0.3 is 0 Å². The van der Waals surface area contributed by atoms with Gasteiger partial charge in [0.15, 0.2) is 5.82 Å². The normalized spacial score (nSPS) is 11.8. The number of nitrogens with one attached hydrogen (secondary N) is 2. The number of aromatic nitrogens is 3. The highest BCUT2D eigenvalue weighted by molar-refractivity contribution is 7.95. The molecule has 3 rings (SSSR count). The van der Waals surface area contributed by atoms with Crippen molar-refractivity contribution in [3.8, 4) is 11.4 Å². The molecule has 8 heteroatoms. The van der Waals surface area contributed by atoms with E-state index in [0.29, 0.717) is 11.4 Å². The summed E-state index contributed by atoms with van der Waals surface area (Å²) < 4.78 is 40.6. The van der Waals surface area contributed by atoms with Crippen molar-refractivity contribution in [3.05, 3.63) is 71.1 Å². The smallest absolute Gasteiger partial charge is 0.255 e. The predicted molar refractivity (Wildman–Crippen MR) is 94.5 cm³/mol. The molecule has 0 aliphatic carbocycles. The van der Waals surface area contributed by atoms with Crippen LogP contribution >= 0.6 is 0 Å². The second kappa shape index (κ2) is 6.86. The van der Waals surface area contributed by atoms with Crippen LogP contribution in [0, 0.1) is 12.7 Å². The van der Waals surface area contributed by atoms with E-state index in [1.807, 2.05) is 19.1 Å². The van der Waals surface area contributed by atoms with Crippen LogP contribution in [0.4, 0.5) is 10.1 Å². The first kappa shape index (κ1) is 16.8. The third-order valence-corrected chi connectivity index (χ3v) is 4.43. The van der Waals surface area contributed by atoms with Gasteiger partial charge in [0.1, 0.15) is 12.1 Å². The van der Waals surface area contributed by atoms with Crippen molar-refractivity contribution >= 4 is 21.8 Å². The lowest BCUT2D eigenvalue weighted by atomic mass is 10.2. The van der Waals surface area contributed by atoms with Crippen LogP contribution in [0.2, 0.25) is 0 Å². The van der Waals surface area contributed by atoms with E-state index in [4.69, 9.17) is 0 Å². The highest BCUT2D eigenvalue weighted by Crippen LogP contribution is 2.22. The van der Waals surface area contributed by atoms with Crippen molar-refractivity contribution in [1.82, 2.24) is 15.2 Å². The summed E-state index contributed by atoms with van der Waals surface area (Å²) in [5.41, 5.74) is 2.13. The van der Waals surface area contributed by atoms with Gasteiger partial charge in [-0.15, -0.1) is 0 Å². The zero-order valence-corrected chi connectivity index (χ0v) is 14.1. The topological polar surface area (TPSA) is 87.7 Å². The first-order chi connectivity index (χ1) is 11.9. The van der Waals surface area contributed by atoms with Crippen molar-refractivity contribution in [1.29, 1.82) is 0 Å². The average molecular weight is 358 g/mol. The molecule has 0 radical (unpaired) electrons. The largest absolute Gasteiger partial charge is 0.277 e. The Kier molecular flexibility index (Phi) is 4.62. The van der Waals surface area contributed by atoms with Gasteiger partial charge in [0.25, 0.3) is 10.0 Å². The third kappa shape index (κ3) is 4.30. The minimum atomic E-state index is -3.84. The van der Waals surface area contributed by atoms with Crippen LogP contribution in [0.5, 0.6) is 0 Å². The molecule has 25 heavy (non-hydrogen) atoms. The molecule has 0 amide bonds. The lowest BCUT2D eigenvalue weighted by molar-refractivity contribution is 0.606. The molecule has 0 bridgehead atoms. The van der Waals surface area contributed by atoms with Crippen molar-refractivity contribution in [2.24, 2.45) is 0 Å². The summed E-state index contributed by atoms with van der Waals surface area (Å²) in [4.78, 5) is 3.92. The van der Waals surface area contributed by atoms with E-state index in [0.717, 1.165) is 16.5 Å². The molecule has 128 valence electrons. The summed E-state index contributed by atoms with van der Waals surface area (Å²) in [5, 5.41) is 7.30. The van der Waals surface area contributed by atoms with Gasteiger partial charge in [-0.1, -0.05) is 29.8 Å². The molecular formula is C17H15FN4O2S. The van der Waals surface area contributed by atoms with Gasteiger partial charge in [0.2, 0.25) is 0 Å². The SMILES string of the molecule is Cc1ccc(/C=C/S(=O)(=O)Nc2ccc(-c3ncn[nH]3)cc2F)cc1. The highest BCUT2D eigenvalue weighted by atomic mass is 32.2. The Balaban J connectivity index is 1.77. The summed E-state index contributed by atoms with van der Waals surface area (Å²) >= 11 is 0. The third-order valence-electron chi connectivity index (χ3n) is 3.43. The predicted octanol–water partition coefficient (Wildman–Crippen LogP) is 3.33. The molecular weight excluding hydrogens is 343 g/mol. The Morgan fingerprint density at radius 3 is 2.56 bits per heavy atom. The minimum absolute atomic E-state index is 0.142. The van der Waals surface area contributed by atoms with Gasteiger partial charge in [-0.3, -0.25) is 9.82 Å². The fourth-order valence-corrected chi connectivity index (χ4v) is 3.00. The van der Waals surface area contributed by atoms with E-state index < -0.39 is 15.8 Å². The van der Waals surface area contributed by atoms with Crippen LogP contribution < -0.4 is 4.72 Å². The second-order valence-electron chi connectivity index (χ2n) is 5.39. The molecule has 0 saturated heterocycles. The maximum absolute atomic E-state index is 14.2. The molecule has 2 aromatic carbocycles. The number of benzene rings is 2. The van der Waals surface area contributed by atoms with Gasteiger partial charge >= 0.3 is 0 Å². The van der Waals surface area contributed by atoms with E-state index in [1.165, 1.54) is 24.5 Å². The van der Waals surface area contributed by atoms with E-state index >= 15 is 0 Å². The Hall–Kier alpha value is -3.00. The van der Waals surface area contributed by atoms with Gasteiger partial charge in [0, 0.05) is 5.56 Å². The molecule has 0 spiro atoms. The van der Waals surface area contributed by atoms with Crippen LogP contribution in [-0.2, 0) is 10.0 Å².